The summed E-state index contributed by atoms with van der Waals surface area (Å²) < 4.78 is 7.19. The smallest absolute Gasteiger partial charge is 0.142 e. The van der Waals surface area contributed by atoms with Crippen LogP contribution in [0.15, 0.2) is 36.7 Å². The monoisotopic (exact) mass is 269 g/mol. The molecule has 1 N–H and O–H groups in total. The first kappa shape index (κ1) is 12.6. The molecule has 20 heavy (non-hydrogen) atoms. The van der Waals surface area contributed by atoms with Gasteiger partial charge in [-0.2, -0.15) is 0 Å². The van der Waals surface area contributed by atoms with Crippen LogP contribution < -0.4 is 4.74 Å². The molecule has 0 atom stereocenters. The van der Waals surface area contributed by atoms with Gasteiger partial charge in [0.15, 0.2) is 0 Å². The number of aryl methyl sites for hydroxylation is 1. The molecule has 0 amide bonds. The number of hydrogen-bond donors (Lipinski definition) is 1. The van der Waals surface area contributed by atoms with E-state index in [1.165, 1.54) is 0 Å². The van der Waals surface area contributed by atoms with Gasteiger partial charge in [0.2, 0.25) is 0 Å². The molecule has 0 aliphatic rings. The summed E-state index contributed by atoms with van der Waals surface area (Å²) in [7, 11) is 3.56. The number of aliphatic hydroxyl groups excluding tert-OH is 1. The standard InChI is InChI=1S/C15H15N3O2/c1-18-14-5-10(9-19)3-4-13(14)17-15(18)11-6-12(20-2)8-16-7-11/h3-8,19H,9H2,1-2H3. The number of pyridine rings is 1. The highest BCUT2D eigenvalue weighted by atomic mass is 16.5. The summed E-state index contributed by atoms with van der Waals surface area (Å²) in [5.74, 6) is 1.52. The van der Waals surface area contributed by atoms with Crippen LogP contribution in [0.2, 0.25) is 0 Å². The van der Waals surface area contributed by atoms with Crippen molar-refractivity contribution in [3.63, 3.8) is 0 Å². The lowest BCUT2D eigenvalue weighted by Gasteiger charge is -2.04. The highest BCUT2D eigenvalue weighted by Gasteiger charge is 2.11. The maximum atomic E-state index is 9.22. The quantitative estimate of drug-likeness (QED) is 0.791. The fourth-order valence-electron chi connectivity index (χ4n) is 2.24. The molecule has 102 valence electrons. The summed E-state index contributed by atoms with van der Waals surface area (Å²) in [6, 6.07) is 7.64. The van der Waals surface area contributed by atoms with Crippen LogP contribution in [0.25, 0.3) is 22.4 Å². The van der Waals surface area contributed by atoms with E-state index >= 15 is 0 Å². The summed E-state index contributed by atoms with van der Waals surface area (Å²) in [4.78, 5) is 8.78. The van der Waals surface area contributed by atoms with Crippen molar-refractivity contribution in [1.29, 1.82) is 0 Å². The largest absolute Gasteiger partial charge is 0.495 e. The maximum Gasteiger partial charge on any atom is 0.142 e. The topological polar surface area (TPSA) is 60.2 Å². The van der Waals surface area contributed by atoms with Gasteiger partial charge in [0, 0.05) is 18.8 Å². The van der Waals surface area contributed by atoms with Gasteiger partial charge in [-0.25, -0.2) is 4.98 Å². The minimum atomic E-state index is 0.0250. The van der Waals surface area contributed by atoms with Crippen molar-refractivity contribution in [3.05, 3.63) is 42.2 Å². The van der Waals surface area contributed by atoms with Crippen LogP contribution in [0, 0.1) is 0 Å². The van der Waals surface area contributed by atoms with Gasteiger partial charge in [0.25, 0.3) is 0 Å². The van der Waals surface area contributed by atoms with Gasteiger partial charge in [-0.15, -0.1) is 0 Å². The Morgan fingerprint density at radius 2 is 2.10 bits per heavy atom. The molecule has 2 heterocycles. The Labute approximate surface area is 116 Å². The molecule has 0 saturated carbocycles. The van der Waals surface area contributed by atoms with E-state index in [-0.39, 0.29) is 6.61 Å². The van der Waals surface area contributed by atoms with E-state index < -0.39 is 0 Å². The van der Waals surface area contributed by atoms with Crippen molar-refractivity contribution in [1.82, 2.24) is 14.5 Å². The number of hydrogen-bond acceptors (Lipinski definition) is 4. The second-order valence-corrected chi connectivity index (χ2v) is 4.59. The number of rotatable bonds is 3. The van der Waals surface area contributed by atoms with Gasteiger partial charge in [0.05, 0.1) is 30.9 Å². The zero-order chi connectivity index (χ0) is 14.1. The average Bonchev–Trinajstić information content (AvgIpc) is 2.84. The van der Waals surface area contributed by atoms with Crippen molar-refractivity contribution < 1.29 is 9.84 Å². The number of imidazole rings is 1. The molecule has 2 aromatic heterocycles. The van der Waals surface area contributed by atoms with Crippen molar-refractivity contribution in [2.45, 2.75) is 6.61 Å². The van der Waals surface area contributed by atoms with Gasteiger partial charge >= 0.3 is 0 Å². The van der Waals surface area contributed by atoms with Crippen molar-refractivity contribution in [2.24, 2.45) is 7.05 Å². The Morgan fingerprint density at radius 3 is 2.85 bits per heavy atom. The minimum absolute atomic E-state index is 0.0250. The molecule has 0 fully saturated rings. The second-order valence-electron chi connectivity index (χ2n) is 4.59. The first-order chi connectivity index (χ1) is 9.72. The number of methoxy groups -OCH3 is 1. The minimum Gasteiger partial charge on any atom is -0.495 e. The molecule has 0 spiro atoms. The molecular weight excluding hydrogens is 254 g/mol. The van der Waals surface area contributed by atoms with Crippen LogP contribution in [0.1, 0.15) is 5.56 Å². The molecule has 3 rings (SSSR count). The number of benzene rings is 1. The van der Waals surface area contributed by atoms with Crippen molar-refractivity contribution in [2.75, 3.05) is 7.11 Å². The van der Waals surface area contributed by atoms with Gasteiger partial charge < -0.3 is 14.4 Å². The lowest BCUT2D eigenvalue weighted by molar-refractivity contribution is 0.282. The van der Waals surface area contributed by atoms with E-state index in [2.05, 4.69) is 9.97 Å². The lowest BCUT2D eigenvalue weighted by atomic mass is 10.2. The van der Waals surface area contributed by atoms with E-state index in [0.29, 0.717) is 5.75 Å². The summed E-state index contributed by atoms with van der Waals surface area (Å²) in [5.41, 5.74) is 3.64. The molecule has 0 bridgehead atoms. The lowest BCUT2D eigenvalue weighted by Crippen LogP contribution is -1.94. The molecular formula is C15H15N3O2. The molecule has 0 unspecified atom stereocenters. The van der Waals surface area contributed by atoms with Gasteiger partial charge in [-0.1, -0.05) is 6.07 Å². The zero-order valence-corrected chi connectivity index (χ0v) is 11.4. The summed E-state index contributed by atoms with van der Waals surface area (Å²) >= 11 is 0. The van der Waals surface area contributed by atoms with Gasteiger partial charge in [-0.05, 0) is 23.8 Å². The Balaban J connectivity index is 2.18. The summed E-state index contributed by atoms with van der Waals surface area (Å²) in [6.45, 7) is 0.0250. The maximum absolute atomic E-state index is 9.22. The predicted octanol–water partition coefficient (Wildman–Crippen LogP) is 2.14. The van der Waals surface area contributed by atoms with Crippen LogP contribution in [-0.4, -0.2) is 26.8 Å². The number of aromatic nitrogens is 3. The number of ether oxygens (including phenoxy) is 1. The highest BCUT2D eigenvalue weighted by Crippen LogP contribution is 2.26. The Morgan fingerprint density at radius 1 is 1.25 bits per heavy atom. The number of fused-ring (bicyclic) bond motifs is 1. The van der Waals surface area contributed by atoms with Crippen LogP contribution >= 0.6 is 0 Å². The second kappa shape index (κ2) is 4.94. The molecule has 5 heteroatoms. The Hall–Kier alpha value is -2.40. The van der Waals surface area contributed by atoms with Crippen molar-refractivity contribution >= 4 is 11.0 Å². The first-order valence-corrected chi connectivity index (χ1v) is 6.28. The third-order valence-corrected chi connectivity index (χ3v) is 3.33. The molecule has 1 aromatic carbocycles. The van der Waals surface area contributed by atoms with Gasteiger partial charge in [0.1, 0.15) is 11.6 Å². The normalized spacial score (nSPS) is 10.9. The van der Waals surface area contributed by atoms with Crippen molar-refractivity contribution in [3.8, 4) is 17.1 Å². The Bertz CT molecular complexity index is 765. The van der Waals surface area contributed by atoms with E-state index in [1.807, 2.05) is 35.9 Å². The van der Waals surface area contributed by atoms with E-state index in [1.54, 1.807) is 19.5 Å². The van der Waals surface area contributed by atoms with Crippen LogP contribution in [0.3, 0.4) is 0 Å². The van der Waals surface area contributed by atoms with Crippen LogP contribution in [0.4, 0.5) is 0 Å². The highest BCUT2D eigenvalue weighted by molar-refractivity contribution is 5.81. The number of aliphatic hydroxyl groups is 1. The first-order valence-electron chi connectivity index (χ1n) is 6.28. The summed E-state index contributed by atoms with van der Waals surface area (Å²) in [6.07, 6.45) is 3.42. The van der Waals surface area contributed by atoms with Gasteiger partial charge in [-0.3, -0.25) is 4.98 Å². The molecule has 3 aromatic rings. The predicted molar refractivity (Wildman–Crippen MR) is 76.4 cm³/mol. The fraction of sp³-hybridized carbons (Fsp3) is 0.200. The molecule has 0 aliphatic heterocycles. The zero-order valence-electron chi connectivity index (χ0n) is 11.4. The molecule has 0 saturated heterocycles. The van der Waals surface area contributed by atoms with E-state index in [9.17, 15) is 5.11 Å². The van der Waals surface area contributed by atoms with Crippen LogP contribution in [0.5, 0.6) is 5.75 Å². The van der Waals surface area contributed by atoms with Crippen LogP contribution in [-0.2, 0) is 13.7 Å². The fourth-order valence-corrected chi connectivity index (χ4v) is 2.24. The summed E-state index contributed by atoms with van der Waals surface area (Å²) in [5, 5.41) is 9.22. The third kappa shape index (κ3) is 2.02. The van der Waals surface area contributed by atoms with E-state index in [4.69, 9.17) is 4.74 Å². The third-order valence-electron chi connectivity index (χ3n) is 3.33. The average molecular weight is 269 g/mol. The molecule has 5 nitrogen and oxygen atoms in total. The van der Waals surface area contributed by atoms with E-state index in [0.717, 1.165) is 28.0 Å². The Kier molecular flexibility index (Phi) is 3.12. The molecule has 0 aliphatic carbocycles. The molecule has 0 radical (unpaired) electrons. The SMILES string of the molecule is COc1cncc(-c2nc3ccc(CO)cc3n2C)c1. The number of nitrogens with zero attached hydrogens (tertiary/aromatic N) is 3.